The maximum atomic E-state index is 13.3. The van der Waals surface area contributed by atoms with E-state index >= 15 is 0 Å². The quantitative estimate of drug-likeness (QED) is 0.345. The second-order valence-electron chi connectivity index (χ2n) is 6.16. The first kappa shape index (κ1) is 21.4. The predicted octanol–water partition coefficient (Wildman–Crippen LogP) is 3.56. The van der Waals surface area contributed by atoms with E-state index in [9.17, 15) is 9.50 Å². The molecule has 0 saturated heterocycles. The van der Waals surface area contributed by atoms with Crippen LogP contribution in [0, 0.1) is 5.82 Å². The third-order valence-electron chi connectivity index (χ3n) is 4.27. The summed E-state index contributed by atoms with van der Waals surface area (Å²) in [6, 6.07) is 14.0. The average Bonchev–Trinajstić information content (AvgIpc) is 2.66. The van der Waals surface area contributed by atoms with E-state index in [1.165, 1.54) is 12.1 Å². The number of hydrogen-bond acceptors (Lipinski definition) is 3. The van der Waals surface area contributed by atoms with Crippen LogP contribution in [0.25, 0.3) is 0 Å². The van der Waals surface area contributed by atoms with Crippen LogP contribution in [0.5, 0.6) is 5.75 Å². The van der Waals surface area contributed by atoms with E-state index in [1.807, 2.05) is 31.2 Å². The van der Waals surface area contributed by atoms with Crippen molar-refractivity contribution >= 4 is 29.9 Å². The van der Waals surface area contributed by atoms with Crippen LogP contribution >= 0.6 is 24.0 Å². The Morgan fingerprint density at radius 3 is 2.89 bits per heavy atom. The lowest BCUT2D eigenvalue weighted by atomic mass is 10.0. The Kier molecular flexibility index (Phi) is 8.30. The molecule has 3 rings (SSSR count). The van der Waals surface area contributed by atoms with Gasteiger partial charge in [0.15, 0.2) is 5.96 Å². The Balaban J connectivity index is 0.00000261. The van der Waals surface area contributed by atoms with E-state index in [0.717, 1.165) is 17.7 Å². The van der Waals surface area contributed by atoms with Gasteiger partial charge in [-0.3, -0.25) is 4.99 Å². The molecule has 0 amide bonds. The number of guanidine groups is 1. The Hall–Kier alpha value is -1.87. The number of nitrogens with zero attached hydrogens (tertiary/aromatic N) is 1. The third-order valence-corrected chi connectivity index (χ3v) is 4.27. The topological polar surface area (TPSA) is 65.9 Å². The van der Waals surface area contributed by atoms with Crippen molar-refractivity contribution in [3.05, 3.63) is 65.5 Å². The summed E-state index contributed by atoms with van der Waals surface area (Å²) in [6.07, 6.45) is -0.0310. The molecule has 0 bridgehead atoms. The number of para-hydroxylation sites is 1. The Bertz CT molecular complexity index is 772. The van der Waals surface area contributed by atoms with Gasteiger partial charge in [0, 0.05) is 18.5 Å². The predicted molar refractivity (Wildman–Crippen MR) is 115 cm³/mol. The monoisotopic (exact) mass is 485 g/mol. The van der Waals surface area contributed by atoms with Crippen LogP contribution in [-0.2, 0) is 0 Å². The van der Waals surface area contributed by atoms with Gasteiger partial charge in [0.25, 0.3) is 0 Å². The molecule has 3 N–H and O–H groups in total. The minimum absolute atomic E-state index is 0. The van der Waals surface area contributed by atoms with Crippen molar-refractivity contribution in [1.82, 2.24) is 10.6 Å². The lowest BCUT2D eigenvalue weighted by Crippen LogP contribution is -2.41. The van der Waals surface area contributed by atoms with Crippen molar-refractivity contribution in [2.24, 2.45) is 4.99 Å². The van der Waals surface area contributed by atoms with E-state index < -0.39 is 6.10 Å². The van der Waals surface area contributed by atoms with E-state index in [4.69, 9.17) is 4.74 Å². The molecule has 0 fully saturated rings. The SMILES string of the molecule is CCNC(=NCC(O)c1cccc(F)c1)NC1CCOc2ccccc21.I. The zero-order valence-corrected chi connectivity index (χ0v) is 17.5. The number of aliphatic imine (C=N–C) groups is 1. The van der Waals surface area contributed by atoms with E-state index in [1.54, 1.807) is 12.1 Å². The molecule has 0 spiro atoms. The highest BCUT2D eigenvalue weighted by molar-refractivity contribution is 14.0. The molecule has 1 aliphatic rings. The van der Waals surface area contributed by atoms with Gasteiger partial charge in [0.1, 0.15) is 11.6 Å². The van der Waals surface area contributed by atoms with Crippen molar-refractivity contribution < 1.29 is 14.2 Å². The van der Waals surface area contributed by atoms with Crippen LogP contribution in [0.4, 0.5) is 4.39 Å². The number of nitrogens with one attached hydrogen (secondary N) is 2. The smallest absolute Gasteiger partial charge is 0.191 e. The number of fused-ring (bicyclic) bond motifs is 1. The molecule has 7 heteroatoms. The molecule has 0 aliphatic carbocycles. The summed E-state index contributed by atoms with van der Waals surface area (Å²) in [5.74, 6) is 1.13. The fraction of sp³-hybridized carbons (Fsp3) is 0.350. The molecule has 27 heavy (non-hydrogen) atoms. The van der Waals surface area contributed by atoms with Crippen LogP contribution in [0.2, 0.25) is 0 Å². The summed E-state index contributed by atoms with van der Waals surface area (Å²) in [4.78, 5) is 4.47. The number of ether oxygens (including phenoxy) is 1. The van der Waals surface area contributed by atoms with Gasteiger partial charge in [-0.2, -0.15) is 0 Å². The van der Waals surface area contributed by atoms with E-state index in [2.05, 4.69) is 15.6 Å². The van der Waals surface area contributed by atoms with E-state index in [-0.39, 0.29) is 42.4 Å². The molecule has 146 valence electrons. The van der Waals surface area contributed by atoms with Crippen LogP contribution in [0.15, 0.2) is 53.5 Å². The standard InChI is InChI=1S/C20H24FN3O2.HI/c1-2-22-20(23-13-18(25)14-6-5-7-15(21)12-14)24-17-10-11-26-19-9-4-3-8-16(17)19;/h3-9,12,17-18,25H,2,10-11,13H2,1H3,(H2,22,23,24);1H. The molecule has 2 atom stereocenters. The number of aliphatic hydroxyl groups is 1. The molecule has 5 nitrogen and oxygen atoms in total. The molecule has 0 saturated carbocycles. The summed E-state index contributed by atoms with van der Waals surface area (Å²) in [5.41, 5.74) is 1.61. The minimum atomic E-state index is -0.858. The zero-order valence-electron chi connectivity index (χ0n) is 15.2. The largest absolute Gasteiger partial charge is 0.493 e. The summed E-state index contributed by atoms with van der Waals surface area (Å²) in [7, 11) is 0. The first-order valence-corrected chi connectivity index (χ1v) is 8.87. The van der Waals surface area contributed by atoms with Crippen molar-refractivity contribution in [2.45, 2.75) is 25.5 Å². The van der Waals surface area contributed by atoms with Crippen LogP contribution < -0.4 is 15.4 Å². The summed E-state index contributed by atoms with van der Waals surface area (Å²) in [5, 5.41) is 16.9. The highest BCUT2D eigenvalue weighted by atomic mass is 127. The second kappa shape index (κ2) is 10.5. The molecule has 0 aromatic heterocycles. The molecule has 0 radical (unpaired) electrons. The van der Waals surface area contributed by atoms with Gasteiger partial charge < -0.3 is 20.5 Å². The Morgan fingerprint density at radius 1 is 1.30 bits per heavy atom. The highest BCUT2D eigenvalue weighted by Gasteiger charge is 2.22. The summed E-state index contributed by atoms with van der Waals surface area (Å²) < 4.78 is 19.0. The molecular formula is C20H25FIN3O2. The lowest BCUT2D eigenvalue weighted by Gasteiger charge is -2.28. The van der Waals surface area contributed by atoms with Gasteiger partial charge in [0.05, 0.1) is 25.3 Å². The molecule has 2 unspecified atom stereocenters. The fourth-order valence-electron chi connectivity index (χ4n) is 2.97. The van der Waals surface area contributed by atoms with Gasteiger partial charge in [0.2, 0.25) is 0 Å². The first-order valence-electron chi connectivity index (χ1n) is 8.87. The van der Waals surface area contributed by atoms with Gasteiger partial charge in [-0.15, -0.1) is 24.0 Å². The van der Waals surface area contributed by atoms with Gasteiger partial charge in [-0.05, 0) is 30.7 Å². The van der Waals surface area contributed by atoms with Crippen molar-refractivity contribution in [3.8, 4) is 5.75 Å². The van der Waals surface area contributed by atoms with Crippen molar-refractivity contribution in [1.29, 1.82) is 0 Å². The van der Waals surface area contributed by atoms with Gasteiger partial charge in [-0.25, -0.2) is 4.39 Å². The summed E-state index contributed by atoms with van der Waals surface area (Å²) >= 11 is 0. The Labute approximate surface area is 176 Å². The van der Waals surface area contributed by atoms with Crippen LogP contribution in [0.3, 0.4) is 0 Å². The normalized spacial score (nSPS) is 17.1. The second-order valence-corrected chi connectivity index (χ2v) is 6.16. The van der Waals surface area contributed by atoms with E-state index in [0.29, 0.717) is 24.7 Å². The van der Waals surface area contributed by atoms with Crippen molar-refractivity contribution in [2.75, 3.05) is 19.7 Å². The highest BCUT2D eigenvalue weighted by Crippen LogP contribution is 2.31. The molecule has 1 heterocycles. The maximum absolute atomic E-state index is 13.3. The van der Waals surface area contributed by atoms with Crippen LogP contribution in [-0.4, -0.2) is 30.8 Å². The number of benzene rings is 2. The lowest BCUT2D eigenvalue weighted by molar-refractivity contribution is 0.186. The van der Waals surface area contributed by atoms with Crippen LogP contribution in [0.1, 0.15) is 36.6 Å². The number of rotatable bonds is 5. The van der Waals surface area contributed by atoms with Gasteiger partial charge in [-0.1, -0.05) is 30.3 Å². The summed E-state index contributed by atoms with van der Waals surface area (Å²) in [6.45, 7) is 3.47. The maximum Gasteiger partial charge on any atom is 0.191 e. The zero-order chi connectivity index (χ0) is 18.4. The third kappa shape index (κ3) is 5.80. The number of aliphatic hydroxyl groups excluding tert-OH is 1. The minimum Gasteiger partial charge on any atom is -0.493 e. The number of hydrogen-bond donors (Lipinski definition) is 3. The molecule has 1 aliphatic heterocycles. The van der Waals surface area contributed by atoms with Crippen molar-refractivity contribution in [3.63, 3.8) is 0 Å². The first-order chi connectivity index (χ1) is 12.7. The van der Waals surface area contributed by atoms with Gasteiger partial charge >= 0.3 is 0 Å². The molecule has 2 aromatic carbocycles. The fourth-order valence-corrected chi connectivity index (χ4v) is 2.97. The number of halogens is 2. The molecule has 2 aromatic rings. The average molecular weight is 485 g/mol. The molecular weight excluding hydrogens is 460 g/mol. The Morgan fingerprint density at radius 2 is 2.11 bits per heavy atom.